The third kappa shape index (κ3) is 3.32. The van der Waals surface area contributed by atoms with Crippen molar-refractivity contribution in [2.24, 2.45) is 0 Å². The Morgan fingerprint density at radius 2 is 1.68 bits per heavy atom. The number of hydrogen-bond acceptors (Lipinski definition) is 2. The van der Waals surface area contributed by atoms with Gasteiger partial charge >= 0.3 is 0 Å². The molecule has 0 bridgehead atoms. The highest BCUT2D eigenvalue weighted by Crippen LogP contribution is 2.20. The molecular weight excluding hydrogens is 289 g/mol. The molecular formula is C13H11ClFNO2S. The van der Waals surface area contributed by atoms with E-state index in [2.05, 4.69) is 4.72 Å². The smallest absolute Gasteiger partial charge is 0.207 e. The van der Waals surface area contributed by atoms with Crippen molar-refractivity contribution >= 4 is 21.6 Å². The van der Waals surface area contributed by atoms with E-state index in [-0.39, 0.29) is 22.0 Å². The second kappa shape index (κ2) is 5.69. The maximum absolute atomic E-state index is 13.4. The Morgan fingerprint density at radius 3 is 2.37 bits per heavy atom. The lowest BCUT2D eigenvalue weighted by Crippen LogP contribution is -2.24. The predicted molar refractivity (Wildman–Crippen MR) is 71.9 cm³/mol. The van der Waals surface area contributed by atoms with Crippen LogP contribution in [-0.2, 0) is 16.6 Å². The van der Waals surface area contributed by atoms with E-state index in [1.807, 2.05) is 0 Å². The second-order valence-corrected chi connectivity index (χ2v) is 5.99. The summed E-state index contributed by atoms with van der Waals surface area (Å²) < 4.78 is 39.7. The van der Waals surface area contributed by atoms with Crippen LogP contribution in [-0.4, -0.2) is 8.42 Å². The highest BCUT2D eigenvalue weighted by molar-refractivity contribution is 7.89. The van der Waals surface area contributed by atoms with Gasteiger partial charge < -0.3 is 0 Å². The molecule has 2 aromatic carbocycles. The third-order valence-corrected chi connectivity index (χ3v) is 4.44. The summed E-state index contributed by atoms with van der Waals surface area (Å²) in [6.07, 6.45) is 0. The van der Waals surface area contributed by atoms with E-state index in [0.717, 1.165) is 0 Å². The zero-order valence-corrected chi connectivity index (χ0v) is 11.4. The van der Waals surface area contributed by atoms with Crippen LogP contribution >= 0.6 is 11.6 Å². The molecule has 0 unspecified atom stereocenters. The minimum Gasteiger partial charge on any atom is -0.207 e. The van der Waals surface area contributed by atoms with E-state index in [0.29, 0.717) is 0 Å². The fraction of sp³-hybridized carbons (Fsp3) is 0.0769. The predicted octanol–water partition coefficient (Wildman–Crippen LogP) is 2.96. The van der Waals surface area contributed by atoms with Crippen molar-refractivity contribution < 1.29 is 12.8 Å². The van der Waals surface area contributed by atoms with Crippen molar-refractivity contribution in [2.45, 2.75) is 11.4 Å². The molecule has 100 valence electrons. The van der Waals surface area contributed by atoms with Gasteiger partial charge in [0.25, 0.3) is 0 Å². The Bertz CT molecular complexity index is 689. The van der Waals surface area contributed by atoms with Gasteiger partial charge in [0.2, 0.25) is 10.0 Å². The van der Waals surface area contributed by atoms with Crippen LogP contribution in [0, 0.1) is 5.82 Å². The largest absolute Gasteiger partial charge is 0.242 e. The lowest BCUT2D eigenvalue weighted by Gasteiger charge is -2.08. The molecule has 0 heterocycles. The number of nitrogens with one attached hydrogen (secondary N) is 1. The lowest BCUT2D eigenvalue weighted by atomic mass is 10.2. The van der Waals surface area contributed by atoms with Crippen LogP contribution in [0.3, 0.4) is 0 Å². The van der Waals surface area contributed by atoms with Crippen molar-refractivity contribution in [2.75, 3.05) is 0 Å². The molecule has 0 spiro atoms. The number of rotatable bonds is 4. The minimum atomic E-state index is -3.75. The van der Waals surface area contributed by atoms with Crippen LogP contribution in [0.4, 0.5) is 4.39 Å². The highest BCUT2D eigenvalue weighted by atomic mass is 35.5. The summed E-state index contributed by atoms with van der Waals surface area (Å²) in [6, 6.07) is 12.1. The lowest BCUT2D eigenvalue weighted by molar-refractivity contribution is 0.574. The molecule has 0 amide bonds. The molecule has 0 saturated heterocycles. The van der Waals surface area contributed by atoms with Gasteiger partial charge in [0.1, 0.15) is 10.7 Å². The summed E-state index contributed by atoms with van der Waals surface area (Å²) in [6.45, 7) is -0.125. The molecule has 0 aromatic heterocycles. The topological polar surface area (TPSA) is 46.2 Å². The van der Waals surface area contributed by atoms with Crippen molar-refractivity contribution in [3.63, 3.8) is 0 Å². The van der Waals surface area contributed by atoms with E-state index in [9.17, 15) is 12.8 Å². The molecule has 1 N–H and O–H groups in total. The Balaban J connectivity index is 2.20. The van der Waals surface area contributed by atoms with Gasteiger partial charge in [-0.1, -0.05) is 41.9 Å². The fourth-order valence-corrected chi connectivity index (χ4v) is 3.08. The standard InChI is InChI=1S/C13H11ClFNO2S/c14-11-6-2-4-8-13(11)19(17,18)16-9-10-5-1-3-7-12(10)15/h1-8,16H,9H2. The number of benzene rings is 2. The summed E-state index contributed by atoms with van der Waals surface area (Å²) in [5.41, 5.74) is 0.276. The summed E-state index contributed by atoms with van der Waals surface area (Å²) in [5.74, 6) is -0.454. The first-order chi connectivity index (χ1) is 9.00. The molecule has 0 atom stereocenters. The number of sulfonamides is 1. The molecule has 0 saturated carbocycles. The van der Waals surface area contributed by atoms with Gasteiger partial charge in [-0.25, -0.2) is 17.5 Å². The van der Waals surface area contributed by atoms with Gasteiger partial charge in [-0.15, -0.1) is 0 Å². The molecule has 19 heavy (non-hydrogen) atoms. The third-order valence-electron chi connectivity index (χ3n) is 2.54. The van der Waals surface area contributed by atoms with Crippen molar-refractivity contribution in [3.8, 4) is 0 Å². The highest BCUT2D eigenvalue weighted by Gasteiger charge is 2.17. The first-order valence-electron chi connectivity index (χ1n) is 5.48. The first-order valence-corrected chi connectivity index (χ1v) is 7.34. The Labute approximate surface area is 116 Å². The van der Waals surface area contributed by atoms with Gasteiger partial charge in [-0.2, -0.15) is 0 Å². The summed E-state index contributed by atoms with van der Waals surface area (Å²) in [5, 5.41) is 0.128. The minimum absolute atomic E-state index is 0.0204. The molecule has 0 aliphatic heterocycles. The van der Waals surface area contributed by atoms with Crippen LogP contribution in [0.1, 0.15) is 5.56 Å². The van der Waals surface area contributed by atoms with Crippen molar-refractivity contribution in [1.82, 2.24) is 4.72 Å². The summed E-state index contributed by atoms with van der Waals surface area (Å²) in [4.78, 5) is -0.0204. The average molecular weight is 300 g/mol. The van der Waals surface area contributed by atoms with Gasteiger partial charge in [-0.3, -0.25) is 0 Å². The molecule has 2 rings (SSSR count). The average Bonchev–Trinajstić information content (AvgIpc) is 2.38. The van der Waals surface area contributed by atoms with Crippen LogP contribution in [0.5, 0.6) is 0 Å². The molecule has 3 nitrogen and oxygen atoms in total. The van der Waals surface area contributed by atoms with E-state index >= 15 is 0 Å². The van der Waals surface area contributed by atoms with Gasteiger partial charge in [-0.05, 0) is 18.2 Å². The quantitative estimate of drug-likeness (QED) is 0.943. The second-order valence-electron chi connectivity index (χ2n) is 3.85. The van der Waals surface area contributed by atoms with E-state index < -0.39 is 15.8 Å². The first kappa shape index (κ1) is 14.0. The maximum atomic E-state index is 13.4. The molecule has 6 heteroatoms. The van der Waals surface area contributed by atoms with Crippen LogP contribution in [0.25, 0.3) is 0 Å². The summed E-state index contributed by atoms with van der Waals surface area (Å²) >= 11 is 5.83. The van der Waals surface area contributed by atoms with Crippen LogP contribution in [0.15, 0.2) is 53.4 Å². The monoisotopic (exact) mass is 299 g/mol. The van der Waals surface area contributed by atoms with E-state index in [1.165, 1.54) is 24.3 Å². The van der Waals surface area contributed by atoms with Crippen LogP contribution in [0.2, 0.25) is 5.02 Å². The Morgan fingerprint density at radius 1 is 1.05 bits per heavy atom. The molecule has 0 aliphatic rings. The zero-order valence-electron chi connectivity index (χ0n) is 9.81. The fourth-order valence-electron chi connectivity index (χ4n) is 1.55. The van der Waals surface area contributed by atoms with Gasteiger partial charge in [0.05, 0.1) is 5.02 Å². The molecule has 0 radical (unpaired) electrons. The SMILES string of the molecule is O=S(=O)(NCc1ccccc1F)c1ccccc1Cl. The normalized spacial score (nSPS) is 11.5. The van der Waals surface area contributed by atoms with Gasteiger partial charge in [0, 0.05) is 12.1 Å². The number of halogens is 2. The zero-order chi connectivity index (χ0) is 13.9. The molecule has 0 fully saturated rings. The Kier molecular flexibility index (Phi) is 4.19. The van der Waals surface area contributed by atoms with Gasteiger partial charge in [0.15, 0.2) is 0 Å². The van der Waals surface area contributed by atoms with Crippen molar-refractivity contribution in [1.29, 1.82) is 0 Å². The Hall–Kier alpha value is -1.43. The van der Waals surface area contributed by atoms with E-state index in [1.54, 1.807) is 24.3 Å². The summed E-state index contributed by atoms with van der Waals surface area (Å²) in [7, 11) is -3.75. The molecule has 2 aromatic rings. The number of hydrogen-bond donors (Lipinski definition) is 1. The molecule has 0 aliphatic carbocycles. The van der Waals surface area contributed by atoms with Crippen LogP contribution < -0.4 is 4.72 Å². The van der Waals surface area contributed by atoms with E-state index in [4.69, 9.17) is 11.6 Å². The maximum Gasteiger partial charge on any atom is 0.242 e. The van der Waals surface area contributed by atoms with Crippen molar-refractivity contribution in [3.05, 3.63) is 64.9 Å².